The number of fused-ring (bicyclic) bond motifs is 1. The first kappa shape index (κ1) is 33.0. The van der Waals surface area contributed by atoms with E-state index in [1.54, 1.807) is 93.6 Å². The molecule has 1 saturated heterocycles. The molecule has 244 valence electrons. The molecule has 4 aromatic rings. The fraction of sp³-hybridized carbons (Fsp3) is 0.371. The fourth-order valence-electron chi connectivity index (χ4n) is 5.44. The molecule has 1 aliphatic heterocycles. The number of nitrogens with one attached hydrogen (secondary N) is 1. The maximum Gasteiger partial charge on any atom is 0.407 e. The summed E-state index contributed by atoms with van der Waals surface area (Å²) < 4.78 is 75.9. The van der Waals surface area contributed by atoms with Gasteiger partial charge in [-0.2, -0.15) is 17.6 Å². The summed E-state index contributed by atoms with van der Waals surface area (Å²) in [6, 6.07) is 19.9. The van der Waals surface area contributed by atoms with Crippen molar-refractivity contribution < 1.29 is 36.6 Å². The molecule has 0 aliphatic carbocycles. The van der Waals surface area contributed by atoms with E-state index in [1.807, 2.05) is 0 Å². The van der Waals surface area contributed by atoms with Crippen LogP contribution in [0.5, 0.6) is 5.75 Å². The Kier molecular flexibility index (Phi) is 10.0. The SMILES string of the molecule is CC(C)(C)OC(=O)NCCOc1ccc(/C(=C(/CC(F)(F)F)c2ccccc2)c2ccc3c(c2)c(F)nn3C2CCCCO2)cc1. The van der Waals surface area contributed by atoms with Gasteiger partial charge < -0.3 is 19.5 Å². The van der Waals surface area contributed by atoms with Gasteiger partial charge in [-0.1, -0.05) is 48.5 Å². The number of nitrogens with zero attached hydrogens (tertiary/aromatic N) is 2. The first-order valence-electron chi connectivity index (χ1n) is 15.2. The highest BCUT2D eigenvalue weighted by Gasteiger charge is 2.32. The molecule has 0 spiro atoms. The number of amides is 1. The number of allylic oxidation sites excluding steroid dienone is 1. The predicted octanol–water partition coefficient (Wildman–Crippen LogP) is 8.69. The van der Waals surface area contributed by atoms with Crippen LogP contribution >= 0.6 is 0 Å². The second kappa shape index (κ2) is 13.9. The molecule has 11 heteroatoms. The topological polar surface area (TPSA) is 74.6 Å². The molecule has 1 atom stereocenters. The molecular formula is C35H37F4N3O4. The highest BCUT2D eigenvalue weighted by atomic mass is 19.4. The van der Waals surface area contributed by atoms with Gasteiger partial charge in [0.15, 0.2) is 6.23 Å². The summed E-state index contributed by atoms with van der Waals surface area (Å²) in [4.78, 5) is 11.9. The standard InChI is InChI=1S/C35H37F4N3O4/c1-34(2,3)46-33(43)40-18-20-44-26-15-12-24(13-16-26)31(28(22-35(37,38)39)23-9-5-4-6-10-23)25-14-17-29-27(21-25)32(36)41-42(29)30-11-7-8-19-45-30/h4-6,9-10,12-17,21,30H,7-8,11,18-20,22H2,1-3H3,(H,40,43)/b31-28+. The van der Waals surface area contributed by atoms with Crippen molar-refractivity contribution in [2.45, 2.75) is 64.5 Å². The molecule has 7 nitrogen and oxygen atoms in total. The van der Waals surface area contributed by atoms with Crippen LogP contribution in [0.1, 0.15) is 69.4 Å². The van der Waals surface area contributed by atoms with Crippen molar-refractivity contribution in [3.05, 3.63) is 95.4 Å². The van der Waals surface area contributed by atoms with Crippen molar-refractivity contribution in [2.75, 3.05) is 19.8 Å². The van der Waals surface area contributed by atoms with Gasteiger partial charge in [-0.05, 0) is 92.1 Å². The van der Waals surface area contributed by atoms with Gasteiger partial charge in [0, 0.05) is 6.61 Å². The lowest BCUT2D eigenvalue weighted by molar-refractivity contribution is -0.122. The molecule has 1 aliphatic rings. The number of aromatic nitrogens is 2. The number of alkyl carbamates (subject to hydrolysis) is 1. The quantitative estimate of drug-likeness (QED) is 0.113. The minimum atomic E-state index is -4.51. The van der Waals surface area contributed by atoms with Crippen LogP contribution in [0, 0.1) is 5.95 Å². The average Bonchev–Trinajstić information content (AvgIpc) is 3.35. The maximum atomic E-state index is 15.3. The highest BCUT2D eigenvalue weighted by Crippen LogP contribution is 2.41. The maximum absolute atomic E-state index is 15.3. The van der Waals surface area contributed by atoms with Crippen LogP contribution in [0.15, 0.2) is 72.8 Å². The molecule has 0 radical (unpaired) electrons. The van der Waals surface area contributed by atoms with Crippen LogP contribution in [0.4, 0.5) is 22.4 Å². The molecule has 0 saturated carbocycles. The van der Waals surface area contributed by atoms with E-state index in [2.05, 4.69) is 10.4 Å². The van der Waals surface area contributed by atoms with E-state index in [9.17, 15) is 18.0 Å². The average molecular weight is 640 g/mol. The molecule has 1 unspecified atom stereocenters. The number of hydrogen-bond acceptors (Lipinski definition) is 5. The Labute approximate surface area is 265 Å². The molecule has 5 rings (SSSR count). The van der Waals surface area contributed by atoms with Crippen molar-refractivity contribution in [3.63, 3.8) is 0 Å². The highest BCUT2D eigenvalue weighted by molar-refractivity contribution is 6.00. The minimum absolute atomic E-state index is 0.0473. The van der Waals surface area contributed by atoms with Crippen LogP contribution < -0.4 is 10.1 Å². The van der Waals surface area contributed by atoms with E-state index in [-0.39, 0.29) is 24.1 Å². The monoisotopic (exact) mass is 639 g/mol. The Hall–Kier alpha value is -4.38. The molecule has 1 amide bonds. The number of benzene rings is 3. The Morgan fingerprint density at radius 2 is 1.70 bits per heavy atom. The first-order chi connectivity index (χ1) is 21.9. The van der Waals surface area contributed by atoms with Crippen LogP contribution in [0.3, 0.4) is 0 Å². The van der Waals surface area contributed by atoms with Crippen molar-refractivity contribution >= 4 is 28.1 Å². The number of halogens is 4. The van der Waals surface area contributed by atoms with Crippen LogP contribution in [-0.4, -0.2) is 47.4 Å². The number of carbonyl (C=O) groups excluding carboxylic acids is 1. The van der Waals surface area contributed by atoms with Gasteiger partial charge in [0.1, 0.15) is 18.0 Å². The van der Waals surface area contributed by atoms with Gasteiger partial charge in [-0.3, -0.25) is 0 Å². The molecule has 1 N–H and O–H groups in total. The van der Waals surface area contributed by atoms with E-state index in [0.717, 1.165) is 12.8 Å². The van der Waals surface area contributed by atoms with E-state index < -0.39 is 36.5 Å². The molecule has 1 aromatic heterocycles. The zero-order valence-corrected chi connectivity index (χ0v) is 26.0. The summed E-state index contributed by atoms with van der Waals surface area (Å²) in [5.41, 5.74) is 1.54. The summed E-state index contributed by atoms with van der Waals surface area (Å²) >= 11 is 0. The lowest BCUT2D eigenvalue weighted by atomic mass is 9.87. The van der Waals surface area contributed by atoms with Gasteiger partial charge in [0.2, 0.25) is 5.95 Å². The van der Waals surface area contributed by atoms with E-state index in [1.165, 1.54) is 4.68 Å². The molecular weight excluding hydrogens is 602 g/mol. The van der Waals surface area contributed by atoms with Crippen LogP contribution in [0.2, 0.25) is 0 Å². The van der Waals surface area contributed by atoms with Gasteiger partial charge in [-0.15, -0.1) is 5.10 Å². The van der Waals surface area contributed by atoms with Gasteiger partial charge >= 0.3 is 12.3 Å². The Morgan fingerprint density at radius 1 is 0.978 bits per heavy atom. The molecule has 3 aromatic carbocycles. The Morgan fingerprint density at radius 3 is 2.35 bits per heavy atom. The Bertz CT molecular complexity index is 1670. The van der Waals surface area contributed by atoms with Crippen molar-refractivity contribution in [2.24, 2.45) is 0 Å². The number of rotatable bonds is 9. The third-order valence-electron chi connectivity index (χ3n) is 7.36. The fourth-order valence-corrected chi connectivity index (χ4v) is 5.44. The second-order valence-electron chi connectivity index (χ2n) is 12.1. The summed E-state index contributed by atoms with van der Waals surface area (Å²) in [5.74, 6) is -0.257. The van der Waals surface area contributed by atoms with Crippen molar-refractivity contribution in [3.8, 4) is 5.75 Å². The third-order valence-corrected chi connectivity index (χ3v) is 7.36. The van der Waals surface area contributed by atoms with Gasteiger partial charge in [0.05, 0.1) is 23.9 Å². The smallest absolute Gasteiger partial charge is 0.407 e. The normalized spacial score (nSPS) is 16.2. The van der Waals surface area contributed by atoms with E-state index >= 15 is 4.39 Å². The number of carbonyl (C=O) groups is 1. The van der Waals surface area contributed by atoms with Crippen molar-refractivity contribution in [1.82, 2.24) is 15.1 Å². The Balaban J connectivity index is 1.50. The summed E-state index contributed by atoms with van der Waals surface area (Å²) in [6.45, 7) is 6.18. The number of alkyl halides is 3. The van der Waals surface area contributed by atoms with E-state index in [4.69, 9.17) is 14.2 Å². The summed E-state index contributed by atoms with van der Waals surface area (Å²) in [7, 11) is 0. The van der Waals surface area contributed by atoms with Crippen LogP contribution in [0.25, 0.3) is 22.0 Å². The zero-order valence-electron chi connectivity index (χ0n) is 26.0. The molecule has 1 fully saturated rings. The second-order valence-corrected chi connectivity index (χ2v) is 12.1. The van der Waals surface area contributed by atoms with Crippen molar-refractivity contribution in [1.29, 1.82) is 0 Å². The minimum Gasteiger partial charge on any atom is -0.492 e. The van der Waals surface area contributed by atoms with Crippen LogP contribution in [-0.2, 0) is 9.47 Å². The summed E-state index contributed by atoms with van der Waals surface area (Å²) in [5, 5.41) is 6.91. The van der Waals surface area contributed by atoms with Gasteiger partial charge in [0.25, 0.3) is 0 Å². The number of ether oxygens (including phenoxy) is 3. The molecule has 46 heavy (non-hydrogen) atoms. The molecule has 2 heterocycles. The molecule has 0 bridgehead atoms. The zero-order chi connectivity index (χ0) is 32.9. The first-order valence-corrected chi connectivity index (χ1v) is 15.2. The summed E-state index contributed by atoms with van der Waals surface area (Å²) in [6.07, 6.45) is -4.14. The largest absolute Gasteiger partial charge is 0.492 e. The lowest BCUT2D eigenvalue weighted by Crippen LogP contribution is -2.34. The van der Waals surface area contributed by atoms with Gasteiger partial charge in [-0.25, -0.2) is 9.48 Å². The predicted molar refractivity (Wildman–Crippen MR) is 168 cm³/mol. The number of hydrogen-bond donors (Lipinski definition) is 1. The third kappa shape index (κ3) is 8.45. The van der Waals surface area contributed by atoms with E-state index in [0.29, 0.717) is 46.6 Å². The lowest BCUT2D eigenvalue weighted by Gasteiger charge is -2.23.